The fraction of sp³-hybridized carbons (Fsp3) is 0.875. The van der Waals surface area contributed by atoms with Crippen molar-refractivity contribution in [3.05, 3.63) is 0 Å². The average molecular weight is 281 g/mol. The molecule has 1 N–H and O–H groups in total. The van der Waals surface area contributed by atoms with Crippen molar-refractivity contribution >= 4 is 11.9 Å². The van der Waals surface area contributed by atoms with E-state index < -0.39 is 5.97 Å². The lowest BCUT2D eigenvalue weighted by Crippen LogP contribution is -2.38. The average Bonchev–Trinajstić information content (AvgIpc) is 2.87. The fourth-order valence-corrected chi connectivity index (χ4v) is 3.84. The lowest BCUT2D eigenvalue weighted by atomic mass is 9.79. The zero-order valence-electron chi connectivity index (χ0n) is 12.5. The number of carbonyl (C=O) groups excluding carboxylic acids is 1. The highest BCUT2D eigenvalue weighted by atomic mass is 16.4. The molecule has 2 aliphatic rings. The number of amides is 1. The molecule has 0 radical (unpaired) electrons. The smallest absolute Gasteiger partial charge is 0.305 e. The van der Waals surface area contributed by atoms with Gasteiger partial charge in [-0.05, 0) is 24.7 Å². The molecule has 2 rings (SSSR count). The van der Waals surface area contributed by atoms with Gasteiger partial charge < -0.3 is 10.0 Å². The Labute approximate surface area is 121 Å². The molecule has 114 valence electrons. The molecule has 1 heterocycles. The van der Waals surface area contributed by atoms with Crippen molar-refractivity contribution < 1.29 is 14.7 Å². The molecule has 1 saturated carbocycles. The number of carboxylic acid groups (broad SMARTS) is 1. The maximum atomic E-state index is 12.4. The van der Waals surface area contributed by atoms with Gasteiger partial charge in [0.2, 0.25) is 5.91 Å². The van der Waals surface area contributed by atoms with Crippen molar-refractivity contribution in [1.82, 2.24) is 4.90 Å². The standard InChI is InChI=1S/C16H27NO3/c1-12(13-6-3-2-4-7-13)10-15(18)17-9-5-8-14(17)11-16(19)20/h12-14H,2-11H2,1H3,(H,19,20). The summed E-state index contributed by atoms with van der Waals surface area (Å²) in [6, 6.07) is -0.0708. The van der Waals surface area contributed by atoms with Crippen LogP contribution in [0.1, 0.15) is 64.7 Å². The molecule has 1 aliphatic heterocycles. The van der Waals surface area contributed by atoms with Crippen molar-refractivity contribution in [2.45, 2.75) is 70.8 Å². The summed E-state index contributed by atoms with van der Waals surface area (Å²) >= 11 is 0. The summed E-state index contributed by atoms with van der Waals surface area (Å²) in [5.74, 6) is 0.504. The Balaban J connectivity index is 1.85. The third-order valence-electron chi connectivity index (χ3n) is 5.06. The van der Waals surface area contributed by atoms with E-state index in [1.165, 1.54) is 32.1 Å². The summed E-state index contributed by atoms with van der Waals surface area (Å²) in [6.45, 7) is 2.93. The molecule has 1 saturated heterocycles. The van der Waals surface area contributed by atoms with E-state index >= 15 is 0 Å². The SMILES string of the molecule is CC(CC(=O)N1CCCC1CC(=O)O)C1CCCCC1. The number of rotatable bonds is 5. The van der Waals surface area contributed by atoms with E-state index in [-0.39, 0.29) is 18.4 Å². The van der Waals surface area contributed by atoms with Gasteiger partial charge in [-0.3, -0.25) is 9.59 Å². The highest BCUT2D eigenvalue weighted by Crippen LogP contribution is 2.32. The molecule has 0 aromatic heterocycles. The first-order valence-corrected chi connectivity index (χ1v) is 8.09. The summed E-state index contributed by atoms with van der Waals surface area (Å²) in [7, 11) is 0. The Hall–Kier alpha value is -1.06. The van der Waals surface area contributed by atoms with Crippen LogP contribution < -0.4 is 0 Å². The number of carboxylic acids is 1. The second kappa shape index (κ2) is 7.09. The van der Waals surface area contributed by atoms with Gasteiger partial charge in [0.25, 0.3) is 0 Å². The first kappa shape index (κ1) is 15.3. The molecule has 2 atom stereocenters. The lowest BCUT2D eigenvalue weighted by molar-refractivity contribution is -0.140. The van der Waals surface area contributed by atoms with E-state index in [0.29, 0.717) is 18.3 Å². The summed E-state index contributed by atoms with van der Waals surface area (Å²) in [5.41, 5.74) is 0. The Morgan fingerprint density at radius 1 is 1.15 bits per heavy atom. The zero-order chi connectivity index (χ0) is 14.5. The van der Waals surface area contributed by atoms with E-state index in [1.54, 1.807) is 0 Å². The number of likely N-dealkylation sites (tertiary alicyclic amines) is 1. The van der Waals surface area contributed by atoms with Crippen LogP contribution in [0.15, 0.2) is 0 Å². The predicted molar refractivity (Wildman–Crippen MR) is 77.3 cm³/mol. The van der Waals surface area contributed by atoms with Crippen LogP contribution in [0.2, 0.25) is 0 Å². The van der Waals surface area contributed by atoms with Gasteiger partial charge >= 0.3 is 5.97 Å². The van der Waals surface area contributed by atoms with Crippen LogP contribution in [-0.2, 0) is 9.59 Å². The summed E-state index contributed by atoms with van der Waals surface area (Å²) < 4.78 is 0. The number of hydrogen-bond donors (Lipinski definition) is 1. The first-order valence-electron chi connectivity index (χ1n) is 8.09. The number of nitrogens with zero attached hydrogens (tertiary/aromatic N) is 1. The van der Waals surface area contributed by atoms with Crippen LogP contribution in [0, 0.1) is 11.8 Å². The minimum absolute atomic E-state index is 0.0708. The molecule has 4 nitrogen and oxygen atoms in total. The zero-order valence-corrected chi connectivity index (χ0v) is 12.5. The molecular weight excluding hydrogens is 254 g/mol. The van der Waals surface area contributed by atoms with Gasteiger partial charge in [-0.1, -0.05) is 39.0 Å². The fourth-order valence-electron chi connectivity index (χ4n) is 3.84. The molecule has 1 aliphatic carbocycles. The predicted octanol–water partition coefficient (Wildman–Crippen LogP) is 3.06. The molecule has 2 unspecified atom stereocenters. The van der Waals surface area contributed by atoms with Crippen molar-refractivity contribution in [2.75, 3.05) is 6.54 Å². The Morgan fingerprint density at radius 3 is 2.50 bits per heavy atom. The van der Waals surface area contributed by atoms with Gasteiger partial charge in [0.15, 0.2) is 0 Å². The maximum Gasteiger partial charge on any atom is 0.305 e. The third kappa shape index (κ3) is 3.97. The van der Waals surface area contributed by atoms with Crippen molar-refractivity contribution in [3.63, 3.8) is 0 Å². The van der Waals surface area contributed by atoms with E-state index in [1.807, 2.05) is 4.90 Å². The normalized spacial score (nSPS) is 25.6. The largest absolute Gasteiger partial charge is 0.481 e. The van der Waals surface area contributed by atoms with Crippen molar-refractivity contribution in [3.8, 4) is 0 Å². The van der Waals surface area contributed by atoms with Crippen LogP contribution in [0.4, 0.5) is 0 Å². The lowest BCUT2D eigenvalue weighted by Gasteiger charge is -2.30. The quantitative estimate of drug-likeness (QED) is 0.842. The van der Waals surface area contributed by atoms with Gasteiger partial charge in [0.1, 0.15) is 0 Å². The van der Waals surface area contributed by atoms with E-state index in [4.69, 9.17) is 5.11 Å². The van der Waals surface area contributed by atoms with Gasteiger partial charge in [0.05, 0.1) is 6.42 Å². The Kier molecular flexibility index (Phi) is 5.44. The minimum atomic E-state index is -0.796. The molecule has 20 heavy (non-hydrogen) atoms. The van der Waals surface area contributed by atoms with E-state index in [2.05, 4.69) is 6.92 Å². The number of aliphatic carboxylic acids is 1. The van der Waals surface area contributed by atoms with E-state index in [9.17, 15) is 9.59 Å². The van der Waals surface area contributed by atoms with Gasteiger partial charge in [-0.2, -0.15) is 0 Å². The van der Waals surface area contributed by atoms with Crippen LogP contribution >= 0.6 is 0 Å². The van der Waals surface area contributed by atoms with Crippen LogP contribution in [0.25, 0.3) is 0 Å². The second-order valence-electron chi connectivity index (χ2n) is 6.56. The molecule has 1 amide bonds. The Bertz CT molecular complexity index is 350. The second-order valence-corrected chi connectivity index (χ2v) is 6.56. The van der Waals surface area contributed by atoms with Crippen molar-refractivity contribution in [2.24, 2.45) is 11.8 Å². The topological polar surface area (TPSA) is 57.6 Å². The highest BCUT2D eigenvalue weighted by Gasteiger charge is 2.32. The van der Waals surface area contributed by atoms with Gasteiger partial charge in [-0.25, -0.2) is 0 Å². The molecule has 0 spiro atoms. The van der Waals surface area contributed by atoms with Crippen LogP contribution in [0.3, 0.4) is 0 Å². The van der Waals surface area contributed by atoms with Gasteiger partial charge in [0, 0.05) is 19.0 Å². The molecule has 0 aromatic carbocycles. The molecule has 4 heteroatoms. The first-order chi connectivity index (χ1) is 9.58. The third-order valence-corrected chi connectivity index (χ3v) is 5.06. The van der Waals surface area contributed by atoms with Crippen molar-refractivity contribution in [1.29, 1.82) is 0 Å². The minimum Gasteiger partial charge on any atom is -0.481 e. The molecule has 0 bridgehead atoms. The summed E-state index contributed by atoms with van der Waals surface area (Å²) in [6.07, 6.45) is 8.94. The molecular formula is C16H27NO3. The Morgan fingerprint density at radius 2 is 1.85 bits per heavy atom. The number of hydrogen-bond acceptors (Lipinski definition) is 2. The maximum absolute atomic E-state index is 12.4. The summed E-state index contributed by atoms with van der Waals surface area (Å²) in [5, 5.41) is 8.92. The van der Waals surface area contributed by atoms with E-state index in [0.717, 1.165) is 19.4 Å². The number of carbonyl (C=O) groups is 2. The van der Waals surface area contributed by atoms with Crippen LogP contribution in [0.5, 0.6) is 0 Å². The highest BCUT2D eigenvalue weighted by molar-refractivity contribution is 5.78. The summed E-state index contributed by atoms with van der Waals surface area (Å²) in [4.78, 5) is 25.1. The molecule has 2 fully saturated rings. The monoisotopic (exact) mass is 281 g/mol. The molecule has 0 aromatic rings. The van der Waals surface area contributed by atoms with Crippen LogP contribution in [-0.4, -0.2) is 34.5 Å². The van der Waals surface area contributed by atoms with Gasteiger partial charge in [-0.15, -0.1) is 0 Å².